The number of rotatable bonds is 7. The number of thiophene rings is 1. The Kier molecular flexibility index (Phi) is 9.70. The highest BCUT2D eigenvalue weighted by Crippen LogP contribution is 2.46. The third kappa shape index (κ3) is 5.93. The molecule has 0 spiro atoms. The maximum absolute atomic E-state index is 13.6. The molecular formula is C30H31N5O5S3. The third-order valence-electron chi connectivity index (χ3n) is 7.21. The highest BCUT2D eigenvalue weighted by Gasteiger charge is 2.38. The van der Waals surface area contributed by atoms with Gasteiger partial charge in [0.05, 0.1) is 34.6 Å². The number of carbonyl (C=O) groups is 3. The number of aryl methyl sites for hydroxylation is 1. The van der Waals surface area contributed by atoms with E-state index in [0.29, 0.717) is 51.0 Å². The minimum atomic E-state index is -0.420. The van der Waals surface area contributed by atoms with Gasteiger partial charge < -0.3 is 25.0 Å². The van der Waals surface area contributed by atoms with Crippen molar-refractivity contribution in [1.82, 2.24) is 15.2 Å². The number of amides is 4. The number of methoxy groups -OCH3 is 1. The number of nitrogens with one attached hydrogen (secondary N) is 2. The van der Waals surface area contributed by atoms with Gasteiger partial charge >= 0.3 is 6.03 Å². The highest BCUT2D eigenvalue weighted by molar-refractivity contribution is 7.59. The van der Waals surface area contributed by atoms with Crippen molar-refractivity contribution in [3.05, 3.63) is 83.9 Å². The van der Waals surface area contributed by atoms with Gasteiger partial charge in [0.2, 0.25) is 5.91 Å². The van der Waals surface area contributed by atoms with E-state index in [1.54, 1.807) is 29.2 Å². The molecule has 0 unspecified atom stereocenters. The van der Waals surface area contributed by atoms with Gasteiger partial charge in [-0.05, 0) is 55.0 Å². The second-order valence-electron chi connectivity index (χ2n) is 9.75. The SMILES string of the molecule is C=CC(=O)N1C[C@H](NC(=O)c2sc3nccc4c3c2NC(=O)N4c2ccc(Oc3ccccc3)cc2C)[C@@H](OC)C1.S.S. The zero-order valence-electron chi connectivity index (χ0n) is 23.4. The molecule has 43 heavy (non-hydrogen) atoms. The quantitative estimate of drug-likeness (QED) is 0.261. The molecule has 2 atom stereocenters. The van der Waals surface area contributed by atoms with Crippen molar-refractivity contribution in [3.63, 3.8) is 0 Å². The molecule has 13 heteroatoms. The van der Waals surface area contributed by atoms with Crippen LogP contribution in [0.25, 0.3) is 10.2 Å². The number of pyridine rings is 1. The van der Waals surface area contributed by atoms with Crippen molar-refractivity contribution in [1.29, 1.82) is 0 Å². The number of benzene rings is 2. The number of carbonyl (C=O) groups excluding carboxylic acids is 3. The van der Waals surface area contributed by atoms with Crippen molar-refractivity contribution in [2.24, 2.45) is 0 Å². The number of para-hydroxylation sites is 1. The Labute approximate surface area is 266 Å². The van der Waals surface area contributed by atoms with Crippen LogP contribution in [0.3, 0.4) is 0 Å². The van der Waals surface area contributed by atoms with Crippen LogP contribution in [0.5, 0.6) is 11.5 Å². The van der Waals surface area contributed by atoms with E-state index in [4.69, 9.17) is 9.47 Å². The van der Waals surface area contributed by atoms with Gasteiger partial charge in [-0.2, -0.15) is 27.0 Å². The molecule has 4 amide bonds. The normalized spacial score (nSPS) is 17.0. The average molecular weight is 638 g/mol. The van der Waals surface area contributed by atoms with Crippen molar-refractivity contribution >= 4 is 83.5 Å². The summed E-state index contributed by atoms with van der Waals surface area (Å²) >= 11 is 1.20. The molecule has 10 nitrogen and oxygen atoms in total. The van der Waals surface area contributed by atoms with E-state index >= 15 is 0 Å². The summed E-state index contributed by atoms with van der Waals surface area (Å²) in [4.78, 5) is 47.8. The molecule has 0 bridgehead atoms. The first-order valence-corrected chi connectivity index (χ1v) is 13.8. The second-order valence-corrected chi connectivity index (χ2v) is 10.7. The van der Waals surface area contributed by atoms with Crippen LogP contribution in [0.1, 0.15) is 15.2 Å². The van der Waals surface area contributed by atoms with E-state index in [2.05, 4.69) is 22.2 Å². The third-order valence-corrected chi connectivity index (χ3v) is 8.31. The van der Waals surface area contributed by atoms with E-state index in [-0.39, 0.29) is 44.9 Å². The molecule has 2 aromatic carbocycles. The van der Waals surface area contributed by atoms with E-state index in [1.165, 1.54) is 17.4 Å². The summed E-state index contributed by atoms with van der Waals surface area (Å²) in [5, 5.41) is 6.60. The molecule has 2 aromatic heterocycles. The largest absolute Gasteiger partial charge is 0.457 e. The van der Waals surface area contributed by atoms with E-state index in [0.717, 1.165) is 11.3 Å². The molecule has 224 valence electrons. The predicted molar refractivity (Wildman–Crippen MR) is 178 cm³/mol. The van der Waals surface area contributed by atoms with Crippen molar-refractivity contribution < 1.29 is 23.9 Å². The number of ether oxygens (including phenoxy) is 2. The Morgan fingerprint density at radius 1 is 1.09 bits per heavy atom. The number of likely N-dealkylation sites (tertiary alicyclic amines) is 1. The lowest BCUT2D eigenvalue weighted by atomic mass is 10.1. The number of anilines is 3. The Balaban J connectivity index is 0.00000212. The first-order valence-electron chi connectivity index (χ1n) is 13.0. The zero-order chi connectivity index (χ0) is 28.7. The standard InChI is InChI=1S/C30H27N5O5S.2H2S/c1-4-24(36)34-15-20(23(16-34)39-3)32-28(37)27-26-25-22(12-13-31-29(25)41-27)35(30(38)33-26)21-11-10-19(14-17(21)2)40-18-8-6-5-7-9-18;;/h4-14,20,23H,1,15-16H2,2-3H3,(H,32,37)(H,33,38);2*1H2/t20-,23-;;/m0../s1. The number of urea groups is 1. The van der Waals surface area contributed by atoms with Crippen LogP contribution in [-0.4, -0.2) is 60.1 Å². The number of nitrogens with zero attached hydrogens (tertiary/aromatic N) is 3. The van der Waals surface area contributed by atoms with Crippen LogP contribution in [0.15, 0.2) is 73.4 Å². The number of hydrogen-bond donors (Lipinski definition) is 2. The van der Waals surface area contributed by atoms with Crippen LogP contribution < -0.4 is 20.3 Å². The first-order chi connectivity index (χ1) is 19.9. The van der Waals surface area contributed by atoms with Gasteiger partial charge in [0.25, 0.3) is 5.91 Å². The summed E-state index contributed by atoms with van der Waals surface area (Å²) in [6.45, 7) is 6.09. The molecule has 2 aliphatic heterocycles. The van der Waals surface area contributed by atoms with Crippen molar-refractivity contribution in [2.45, 2.75) is 19.1 Å². The molecule has 0 radical (unpaired) electrons. The first kappa shape index (κ1) is 31.9. The second kappa shape index (κ2) is 13.1. The van der Waals surface area contributed by atoms with E-state index in [9.17, 15) is 14.4 Å². The number of aromatic nitrogens is 1. The minimum absolute atomic E-state index is 0. The Morgan fingerprint density at radius 2 is 1.86 bits per heavy atom. The topological polar surface area (TPSA) is 113 Å². The Bertz CT molecular complexity index is 1700. The average Bonchev–Trinajstić information content (AvgIpc) is 3.56. The summed E-state index contributed by atoms with van der Waals surface area (Å²) in [6.07, 6.45) is 2.50. The highest BCUT2D eigenvalue weighted by atomic mass is 32.1. The van der Waals surface area contributed by atoms with Gasteiger partial charge in [-0.3, -0.25) is 14.5 Å². The maximum atomic E-state index is 13.6. The van der Waals surface area contributed by atoms with E-state index in [1.807, 2.05) is 55.5 Å². The summed E-state index contributed by atoms with van der Waals surface area (Å²) in [6, 6.07) is 16.0. The van der Waals surface area contributed by atoms with Crippen molar-refractivity contribution in [2.75, 3.05) is 30.4 Å². The van der Waals surface area contributed by atoms with Crippen LogP contribution in [0, 0.1) is 6.92 Å². The van der Waals surface area contributed by atoms with Crippen LogP contribution in [0.2, 0.25) is 0 Å². The molecular weight excluding hydrogens is 607 g/mol. The summed E-state index contributed by atoms with van der Waals surface area (Å²) in [5.74, 6) is 0.770. The predicted octanol–water partition coefficient (Wildman–Crippen LogP) is 5.45. The fourth-order valence-corrected chi connectivity index (χ4v) is 6.27. The van der Waals surface area contributed by atoms with Gasteiger partial charge in [-0.25, -0.2) is 9.78 Å². The van der Waals surface area contributed by atoms with Crippen molar-refractivity contribution in [3.8, 4) is 11.5 Å². The van der Waals surface area contributed by atoms with Gasteiger partial charge in [-0.15, -0.1) is 11.3 Å². The lowest BCUT2D eigenvalue weighted by molar-refractivity contribution is -0.125. The lowest BCUT2D eigenvalue weighted by Gasteiger charge is -2.29. The fraction of sp³-hybridized carbons (Fsp3) is 0.200. The molecule has 1 saturated heterocycles. The lowest BCUT2D eigenvalue weighted by Crippen LogP contribution is -2.44. The molecule has 1 fully saturated rings. The molecule has 0 aliphatic carbocycles. The molecule has 2 aliphatic rings. The zero-order valence-corrected chi connectivity index (χ0v) is 26.2. The maximum Gasteiger partial charge on any atom is 0.331 e. The monoisotopic (exact) mass is 637 g/mol. The Morgan fingerprint density at radius 3 is 2.56 bits per heavy atom. The van der Waals surface area contributed by atoms with Crippen LogP contribution in [0.4, 0.5) is 21.9 Å². The van der Waals surface area contributed by atoms with Crippen LogP contribution >= 0.6 is 38.3 Å². The van der Waals surface area contributed by atoms with Gasteiger partial charge in [0.15, 0.2) is 0 Å². The molecule has 6 rings (SSSR count). The van der Waals surface area contributed by atoms with Crippen LogP contribution in [-0.2, 0) is 9.53 Å². The Hall–Kier alpha value is -4.04. The van der Waals surface area contributed by atoms with Gasteiger partial charge in [0, 0.05) is 26.4 Å². The molecule has 4 aromatic rings. The minimum Gasteiger partial charge on any atom is -0.457 e. The fourth-order valence-electron chi connectivity index (χ4n) is 5.24. The summed E-state index contributed by atoms with van der Waals surface area (Å²) in [7, 11) is 1.54. The molecule has 2 N–H and O–H groups in total. The summed E-state index contributed by atoms with van der Waals surface area (Å²) in [5.41, 5.74) is 2.56. The number of hydrogen-bond acceptors (Lipinski definition) is 7. The van der Waals surface area contributed by atoms with Gasteiger partial charge in [0.1, 0.15) is 21.2 Å². The molecule has 4 heterocycles. The van der Waals surface area contributed by atoms with E-state index < -0.39 is 12.1 Å². The van der Waals surface area contributed by atoms with Gasteiger partial charge in [-0.1, -0.05) is 24.8 Å². The smallest absolute Gasteiger partial charge is 0.331 e. The summed E-state index contributed by atoms with van der Waals surface area (Å²) < 4.78 is 11.5. The molecule has 0 saturated carbocycles.